The van der Waals surface area contributed by atoms with Gasteiger partial charge in [0.15, 0.2) is 6.10 Å². The first-order valence-corrected chi connectivity index (χ1v) is 8.47. The summed E-state index contributed by atoms with van der Waals surface area (Å²) < 4.78 is 5.34. The van der Waals surface area contributed by atoms with E-state index in [0.29, 0.717) is 22.4 Å². The Kier molecular flexibility index (Phi) is 5.80. The van der Waals surface area contributed by atoms with Crippen molar-refractivity contribution in [2.24, 2.45) is 0 Å². The highest BCUT2D eigenvalue weighted by Gasteiger charge is 2.25. The van der Waals surface area contributed by atoms with Gasteiger partial charge in [0.25, 0.3) is 0 Å². The molecule has 2 atom stereocenters. The fourth-order valence-electron chi connectivity index (χ4n) is 3.01. The van der Waals surface area contributed by atoms with E-state index in [0.717, 1.165) is 12.0 Å². The van der Waals surface area contributed by atoms with E-state index < -0.39 is 18.2 Å². The van der Waals surface area contributed by atoms with Crippen molar-refractivity contribution in [2.75, 3.05) is 0 Å². The Bertz CT molecular complexity index is 772. The topological polar surface area (TPSA) is 79.4 Å². The van der Waals surface area contributed by atoms with Gasteiger partial charge in [-0.1, -0.05) is 31.2 Å². The highest BCUT2D eigenvalue weighted by Crippen LogP contribution is 2.25. The van der Waals surface area contributed by atoms with Crippen LogP contribution in [0.15, 0.2) is 24.3 Å². The Morgan fingerprint density at radius 1 is 1.16 bits per heavy atom. The molecule has 0 aliphatic heterocycles. The number of nitrogens with one attached hydrogen (secondary N) is 1. The Morgan fingerprint density at radius 2 is 1.76 bits per heavy atom. The minimum absolute atomic E-state index is 0.243. The first kappa shape index (κ1) is 18.9. The summed E-state index contributed by atoms with van der Waals surface area (Å²) in [6.45, 7) is 8.79. The van der Waals surface area contributed by atoms with Crippen LogP contribution in [0.3, 0.4) is 0 Å². The quantitative estimate of drug-likeness (QED) is 0.619. The molecule has 1 aromatic carbocycles. The lowest BCUT2D eigenvalue weighted by Crippen LogP contribution is -2.25. The van der Waals surface area contributed by atoms with Crippen LogP contribution in [0.25, 0.3) is 0 Å². The van der Waals surface area contributed by atoms with Crippen molar-refractivity contribution in [1.29, 1.82) is 0 Å². The third kappa shape index (κ3) is 3.99. The number of hydrogen-bond donors (Lipinski definition) is 2. The third-order valence-electron chi connectivity index (χ3n) is 4.42. The van der Waals surface area contributed by atoms with E-state index in [1.54, 1.807) is 39.8 Å². The van der Waals surface area contributed by atoms with Crippen molar-refractivity contribution < 1.29 is 19.4 Å². The predicted molar refractivity (Wildman–Crippen MR) is 95.9 cm³/mol. The average Bonchev–Trinajstić information content (AvgIpc) is 2.88. The molecule has 0 bridgehead atoms. The number of esters is 1. The van der Waals surface area contributed by atoms with Gasteiger partial charge in [-0.25, -0.2) is 4.79 Å². The zero-order valence-corrected chi connectivity index (χ0v) is 15.3. The van der Waals surface area contributed by atoms with Crippen LogP contribution in [-0.4, -0.2) is 27.9 Å². The average molecular weight is 343 g/mol. The zero-order chi connectivity index (χ0) is 18.7. The van der Waals surface area contributed by atoms with Gasteiger partial charge in [-0.3, -0.25) is 4.79 Å². The summed E-state index contributed by atoms with van der Waals surface area (Å²) in [7, 11) is 0. The summed E-state index contributed by atoms with van der Waals surface area (Å²) in [6.07, 6.45) is -0.678. The molecule has 0 aliphatic rings. The van der Waals surface area contributed by atoms with Crippen LogP contribution in [0, 0.1) is 13.8 Å². The van der Waals surface area contributed by atoms with Crippen LogP contribution in [0.2, 0.25) is 0 Å². The number of carbonyl (C=O) groups excluding carboxylic acids is 2. The maximum Gasteiger partial charge on any atom is 0.355 e. The van der Waals surface area contributed by atoms with Crippen LogP contribution in [-0.2, 0) is 11.2 Å². The van der Waals surface area contributed by atoms with Crippen molar-refractivity contribution in [3.8, 4) is 0 Å². The molecule has 2 rings (SSSR count). The lowest BCUT2D eigenvalue weighted by molar-refractivity contribution is 0.0313. The number of ether oxygens (including phenoxy) is 1. The summed E-state index contributed by atoms with van der Waals surface area (Å²) in [4.78, 5) is 27.8. The molecule has 0 unspecified atom stereocenters. The Labute approximate surface area is 148 Å². The third-order valence-corrected chi connectivity index (χ3v) is 4.42. The van der Waals surface area contributed by atoms with Crippen molar-refractivity contribution in [1.82, 2.24) is 4.98 Å². The highest BCUT2D eigenvalue weighted by molar-refractivity contribution is 6.01. The number of ketones is 1. The summed E-state index contributed by atoms with van der Waals surface area (Å²) in [5.41, 5.74) is 3.97. The lowest BCUT2D eigenvalue weighted by atomic mass is 10.0. The maximum absolute atomic E-state index is 12.4. The number of H-pyrrole nitrogens is 1. The molecule has 5 heteroatoms. The van der Waals surface area contributed by atoms with Crippen molar-refractivity contribution in [3.05, 3.63) is 57.9 Å². The van der Waals surface area contributed by atoms with Crippen LogP contribution in [0.1, 0.15) is 70.1 Å². The number of rotatable bonds is 6. The Balaban J connectivity index is 2.14. The molecule has 0 spiro atoms. The minimum Gasteiger partial charge on any atom is -0.450 e. The maximum atomic E-state index is 12.4. The van der Waals surface area contributed by atoms with E-state index in [-0.39, 0.29) is 11.5 Å². The molecule has 25 heavy (non-hydrogen) atoms. The molecule has 0 saturated carbocycles. The molecule has 2 aromatic rings. The van der Waals surface area contributed by atoms with Gasteiger partial charge in [0.05, 0.1) is 6.10 Å². The number of aromatic nitrogens is 1. The van der Waals surface area contributed by atoms with Gasteiger partial charge < -0.3 is 14.8 Å². The van der Waals surface area contributed by atoms with Crippen LogP contribution in [0.5, 0.6) is 0 Å². The standard InChI is InChI=1S/C20H25NO4/c1-6-15-7-9-16(10-8-15)19(23)14(5)25-20(24)18-11(2)17(13(4)22)12(3)21-18/h7-10,13-14,21-22H,6H2,1-5H3/t13-,14-/m1/s1. The number of hydrogen-bond acceptors (Lipinski definition) is 4. The molecule has 134 valence electrons. The number of aliphatic hydroxyl groups is 1. The zero-order valence-electron chi connectivity index (χ0n) is 15.3. The molecular formula is C20H25NO4. The normalized spacial score (nSPS) is 13.4. The molecular weight excluding hydrogens is 318 g/mol. The van der Waals surface area contributed by atoms with Gasteiger partial charge in [0.2, 0.25) is 5.78 Å². The molecule has 0 amide bonds. The van der Waals surface area contributed by atoms with E-state index in [9.17, 15) is 14.7 Å². The van der Waals surface area contributed by atoms with Gasteiger partial charge in [-0.05, 0) is 45.2 Å². The molecule has 0 saturated heterocycles. The predicted octanol–water partition coefficient (Wildman–Crippen LogP) is 3.68. The SMILES string of the molecule is CCc1ccc(C(=O)[C@@H](C)OC(=O)c2[nH]c(C)c([C@@H](C)O)c2C)cc1. The first-order chi connectivity index (χ1) is 11.8. The number of aromatic amines is 1. The minimum atomic E-state index is -0.891. The summed E-state index contributed by atoms with van der Waals surface area (Å²) in [5.74, 6) is -0.841. The molecule has 2 N–H and O–H groups in total. The molecule has 5 nitrogen and oxygen atoms in total. The molecule has 1 aromatic heterocycles. The fraction of sp³-hybridized carbons (Fsp3) is 0.400. The number of aryl methyl sites for hydroxylation is 2. The van der Waals surface area contributed by atoms with Gasteiger partial charge >= 0.3 is 5.97 Å². The van der Waals surface area contributed by atoms with Crippen molar-refractivity contribution in [3.63, 3.8) is 0 Å². The smallest absolute Gasteiger partial charge is 0.355 e. The van der Waals surface area contributed by atoms with Crippen molar-refractivity contribution in [2.45, 2.75) is 53.2 Å². The largest absolute Gasteiger partial charge is 0.450 e. The first-order valence-electron chi connectivity index (χ1n) is 8.47. The number of benzene rings is 1. The van der Waals surface area contributed by atoms with E-state index in [4.69, 9.17) is 4.74 Å². The van der Waals surface area contributed by atoms with Gasteiger partial charge in [0.1, 0.15) is 5.69 Å². The fourth-order valence-corrected chi connectivity index (χ4v) is 3.01. The van der Waals surface area contributed by atoms with E-state index in [1.807, 2.05) is 19.1 Å². The molecule has 0 aliphatic carbocycles. The lowest BCUT2D eigenvalue weighted by Gasteiger charge is -2.13. The summed E-state index contributed by atoms with van der Waals surface area (Å²) in [6, 6.07) is 7.30. The van der Waals surface area contributed by atoms with E-state index in [1.165, 1.54) is 0 Å². The molecule has 0 fully saturated rings. The van der Waals surface area contributed by atoms with Crippen molar-refractivity contribution >= 4 is 11.8 Å². The van der Waals surface area contributed by atoms with Gasteiger partial charge in [0, 0.05) is 16.8 Å². The van der Waals surface area contributed by atoms with Gasteiger partial charge in [-0.2, -0.15) is 0 Å². The highest BCUT2D eigenvalue weighted by atomic mass is 16.5. The van der Waals surface area contributed by atoms with Crippen LogP contribution >= 0.6 is 0 Å². The van der Waals surface area contributed by atoms with Gasteiger partial charge in [-0.15, -0.1) is 0 Å². The number of aliphatic hydroxyl groups excluding tert-OH is 1. The Morgan fingerprint density at radius 3 is 2.24 bits per heavy atom. The summed E-state index contributed by atoms with van der Waals surface area (Å²) in [5, 5.41) is 9.82. The second-order valence-electron chi connectivity index (χ2n) is 6.30. The second-order valence-corrected chi connectivity index (χ2v) is 6.30. The van der Waals surface area contributed by atoms with E-state index in [2.05, 4.69) is 4.98 Å². The number of carbonyl (C=O) groups is 2. The molecule has 0 radical (unpaired) electrons. The van der Waals surface area contributed by atoms with Crippen LogP contribution in [0.4, 0.5) is 0 Å². The van der Waals surface area contributed by atoms with Crippen LogP contribution < -0.4 is 0 Å². The monoisotopic (exact) mass is 343 g/mol. The molecule has 1 heterocycles. The second kappa shape index (κ2) is 7.66. The number of Topliss-reactive ketones (excluding diaryl/α,β-unsaturated/α-hetero) is 1. The summed E-state index contributed by atoms with van der Waals surface area (Å²) >= 11 is 0. The Hall–Kier alpha value is -2.40. The van der Waals surface area contributed by atoms with E-state index >= 15 is 0 Å².